The van der Waals surface area contributed by atoms with Gasteiger partial charge in [0.05, 0.1) is 6.04 Å². The zero-order valence-electron chi connectivity index (χ0n) is 16.7. The van der Waals surface area contributed by atoms with Crippen LogP contribution < -0.4 is 5.32 Å². The maximum Gasteiger partial charge on any atom is 0.241 e. The highest BCUT2D eigenvalue weighted by Gasteiger charge is 2.29. The molecule has 28 heavy (non-hydrogen) atoms. The van der Waals surface area contributed by atoms with Crippen LogP contribution in [0.15, 0.2) is 42.6 Å². The van der Waals surface area contributed by atoms with Crippen LogP contribution in [-0.2, 0) is 4.79 Å². The summed E-state index contributed by atoms with van der Waals surface area (Å²) >= 11 is 0. The maximum atomic E-state index is 12.7. The summed E-state index contributed by atoms with van der Waals surface area (Å²) in [6.07, 6.45) is 3.99. The summed E-state index contributed by atoms with van der Waals surface area (Å²) < 4.78 is 2.08. The SMILES string of the molecule is Cc1ccc(NC(=O)[C@H](C)N2CCC(c3nnc4ccccn34)CC2)cc1C. The number of likely N-dealkylation sites (tertiary alicyclic amines) is 1. The van der Waals surface area contributed by atoms with Crippen molar-refractivity contribution in [3.63, 3.8) is 0 Å². The molecule has 0 saturated carbocycles. The van der Waals surface area contributed by atoms with Gasteiger partial charge in [0.15, 0.2) is 5.65 Å². The molecule has 1 aromatic carbocycles. The number of anilines is 1. The first-order valence-corrected chi connectivity index (χ1v) is 9.95. The van der Waals surface area contributed by atoms with E-state index in [1.807, 2.05) is 49.5 Å². The summed E-state index contributed by atoms with van der Waals surface area (Å²) in [4.78, 5) is 15.0. The van der Waals surface area contributed by atoms with Gasteiger partial charge in [0, 0.05) is 17.8 Å². The summed E-state index contributed by atoms with van der Waals surface area (Å²) in [5, 5.41) is 11.7. The van der Waals surface area contributed by atoms with Crippen molar-refractivity contribution in [2.75, 3.05) is 18.4 Å². The molecule has 3 heterocycles. The Hall–Kier alpha value is -2.73. The fourth-order valence-corrected chi connectivity index (χ4v) is 3.91. The van der Waals surface area contributed by atoms with Gasteiger partial charge in [0.1, 0.15) is 5.82 Å². The molecule has 0 bridgehead atoms. The van der Waals surface area contributed by atoms with Gasteiger partial charge in [0.2, 0.25) is 5.91 Å². The first kappa shape index (κ1) is 18.6. The van der Waals surface area contributed by atoms with Crippen LogP contribution in [0.3, 0.4) is 0 Å². The van der Waals surface area contributed by atoms with Crippen LogP contribution in [0.2, 0.25) is 0 Å². The molecular weight excluding hydrogens is 350 g/mol. The number of carbonyl (C=O) groups is 1. The third kappa shape index (κ3) is 3.64. The van der Waals surface area contributed by atoms with Crippen molar-refractivity contribution in [2.45, 2.75) is 45.6 Å². The topological polar surface area (TPSA) is 62.5 Å². The number of aryl methyl sites for hydroxylation is 2. The minimum absolute atomic E-state index is 0.0506. The van der Waals surface area contributed by atoms with Crippen molar-refractivity contribution in [1.82, 2.24) is 19.5 Å². The number of fused-ring (bicyclic) bond motifs is 1. The summed E-state index contributed by atoms with van der Waals surface area (Å²) in [6.45, 7) is 7.89. The molecule has 1 amide bonds. The predicted octanol–water partition coefficient (Wildman–Crippen LogP) is 3.55. The van der Waals surface area contributed by atoms with E-state index in [9.17, 15) is 4.79 Å². The first-order chi connectivity index (χ1) is 13.5. The molecule has 1 fully saturated rings. The highest BCUT2D eigenvalue weighted by molar-refractivity contribution is 5.94. The van der Waals surface area contributed by atoms with Gasteiger partial charge < -0.3 is 5.32 Å². The lowest BCUT2D eigenvalue weighted by molar-refractivity contribution is -0.121. The molecule has 4 rings (SSSR count). The van der Waals surface area contributed by atoms with E-state index in [-0.39, 0.29) is 11.9 Å². The van der Waals surface area contributed by atoms with Crippen molar-refractivity contribution in [3.8, 4) is 0 Å². The molecular formula is C22H27N5O. The van der Waals surface area contributed by atoms with Crippen LogP contribution in [0.4, 0.5) is 5.69 Å². The second kappa shape index (κ2) is 7.72. The highest BCUT2D eigenvalue weighted by atomic mass is 16.2. The average Bonchev–Trinajstić information content (AvgIpc) is 3.14. The molecule has 0 aliphatic carbocycles. The molecule has 1 aliphatic rings. The number of piperidine rings is 1. The van der Waals surface area contributed by atoms with Crippen molar-refractivity contribution in [1.29, 1.82) is 0 Å². The number of nitrogens with one attached hydrogen (secondary N) is 1. The molecule has 6 nitrogen and oxygen atoms in total. The summed E-state index contributed by atoms with van der Waals surface area (Å²) in [5.74, 6) is 1.46. The Balaban J connectivity index is 1.37. The van der Waals surface area contributed by atoms with Crippen molar-refractivity contribution < 1.29 is 4.79 Å². The Bertz CT molecular complexity index is 988. The van der Waals surface area contributed by atoms with Crippen LogP contribution >= 0.6 is 0 Å². The molecule has 0 spiro atoms. The van der Waals surface area contributed by atoms with Crippen molar-refractivity contribution in [2.24, 2.45) is 0 Å². The van der Waals surface area contributed by atoms with E-state index in [4.69, 9.17) is 0 Å². The van der Waals surface area contributed by atoms with E-state index < -0.39 is 0 Å². The Kier molecular flexibility index (Phi) is 5.13. The fraction of sp³-hybridized carbons (Fsp3) is 0.409. The van der Waals surface area contributed by atoms with E-state index in [2.05, 4.69) is 38.7 Å². The monoisotopic (exact) mass is 377 g/mol. The molecule has 6 heteroatoms. The molecule has 1 aliphatic heterocycles. The standard InChI is InChI=1S/C22H27N5O/c1-15-7-8-19(14-16(15)2)23-22(28)17(3)26-12-9-18(10-13-26)21-25-24-20-6-4-5-11-27(20)21/h4-8,11,14,17-18H,9-10,12-13H2,1-3H3,(H,23,28)/t17-/m0/s1. The lowest BCUT2D eigenvalue weighted by Crippen LogP contribution is -2.45. The third-order valence-electron chi connectivity index (χ3n) is 5.94. The van der Waals surface area contributed by atoms with E-state index in [1.165, 1.54) is 11.1 Å². The molecule has 0 unspecified atom stereocenters. The largest absolute Gasteiger partial charge is 0.325 e. The molecule has 1 saturated heterocycles. The van der Waals surface area contributed by atoms with E-state index >= 15 is 0 Å². The number of rotatable bonds is 4. The Morgan fingerprint density at radius 2 is 1.89 bits per heavy atom. The number of hydrogen-bond acceptors (Lipinski definition) is 4. The zero-order valence-corrected chi connectivity index (χ0v) is 16.7. The Morgan fingerprint density at radius 1 is 1.11 bits per heavy atom. The number of aromatic nitrogens is 3. The number of hydrogen-bond donors (Lipinski definition) is 1. The maximum absolute atomic E-state index is 12.7. The van der Waals surface area contributed by atoms with Crippen molar-refractivity contribution in [3.05, 3.63) is 59.5 Å². The highest BCUT2D eigenvalue weighted by Crippen LogP contribution is 2.28. The molecule has 2 aromatic heterocycles. The first-order valence-electron chi connectivity index (χ1n) is 9.95. The second-order valence-corrected chi connectivity index (χ2v) is 7.76. The fourth-order valence-electron chi connectivity index (χ4n) is 3.91. The van der Waals surface area contributed by atoms with E-state index in [0.717, 1.165) is 43.1 Å². The van der Waals surface area contributed by atoms with E-state index in [0.29, 0.717) is 5.92 Å². The molecule has 1 N–H and O–H groups in total. The van der Waals surface area contributed by atoms with Gasteiger partial charge in [-0.25, -0.2) is 0 Å². The van der Waals surface area contributed by atoms with Gasteiger partial charge in [-0.1, -0.05) is 12.1 Å². The number of pyridine rings is 1. The minimum atomic E-state index is -0.155. The van der Waals surface area contributed by atoms with Crippen LogP contribution in [0.1, 0.15) is 42.6 Å². The summed E-state index contributed by atoms with van der Waals surface area (Å²) in [7, 11) is 0. The van der Waals surface area contributed by atoms with Gasteiger partial charge in [-0.05, 0) is 82.1 Å². The quantitative estimate of drug-likeness (QED) is 0.755. The van der Waals surface area contributed by atoms with E-state index in [1.54, 1.807) is 0 Å². The third-order valence-corrected chi connectivity index (χ3v) is 5.94. The average molecular weight is 377 g/mol. The van der Waals surface area contributed by atoms with Gasteiger partial charge in [-0.2, -0.15) is 0 Å². The van der Waals surface area contributed by atoms with Gasteiger partial charge in [0.25, 0.3) is 0 Å². The Morgan fingerprint density at radius 3 is 2.64 bits per heavy atom. The summed E-state index contributed by atoms with van der Waals surface area (Å²) in [5.41, 5.74) is 4.17. The number of nitrogens with zero attached hydrogens (tertiary/aromatic N) is 4. The molecule has 0 radical (unpaired) electrons. The van der Waals surface area contributed by atoms with Crippen molar-refractivity contribution >= 4 is 17.2 Å². The molecule has 146 valence electrons. The molecule has 3 aromatic rings. The smallest absolute Gasteiger partial charge is 0.241 e. The lowest BCUT2D eigenvalue weighted by atomic mass is 9.95. The second-order valence-electron chi connectivity index (χ2n) is 7.76. The zero-order chi connectivity index (χ0) is 19.7. The number of benzene rings is 1. The van der Waals surface area contributed by atoms with Crippen LogP contribution in [0.25, 0.3) is 5.65 Å². The summed E-state index contributed by atoms with van der Waals surface area (Å²) in [6, 6.07) is 11.9. The van der Waals surface area contributed by atoms with Gasteiger partial charge >= 0.3 is 0 Å². The lowest BCUT2D eigenvalue weighted by Gasteiger charge is -2.34. The van der Waals surface area contributed by atoms with Crippen LogP contribution in [-0.4, -0.2) is 44.5 Å². The van der Waals surface area contributed by atoms with Gasteiger partial charge in [-0.15, -0.1) is 10.2 Å². The van der Waals surface area contributed by atoms with Crippen LogP contribution in [0.5, 0.6) is 0 Å². The number of carbonyl (C=O) groups excluding carboxylic acids is 1. The normalized spacial score (nSPS) is 17.0. The Labute approximate surface area is 165 Å². The minimum Gasteiger partial charge on any atom is -0.325 e. The van der Waals surface area contributed by atoms with Gasteiger partial charge in [-0.3, -0.25) is 14.1 Å². The number of amides is 1. The predicted molar refractivity (Wildman–Crippen MR) is 111 cm³/mol. The van der Waals surface area contributed by atoms with Crippen LogP contribution in [0, 0.1) is 13.8 Å². The molecule has 1 atom stereocenters.